The summed E-state index contributed by atoms with van der Waals surface area (Å²) in [7, 11) is 0. The summed E-state index contributed by atoms with van der Waals surface area (Å²) in [5, 5.41) is 10.1. The molecule has 2 rings (SSSR count). The molecule has 0 aliphatic carbocycles. The van der Waals surface area contributed by atoms with Gasteiger partial charge in [-0.15, -0.1) is 11.6 Å². The molecule has 1 heterocycles. The van der Waals surface area contributed by atoms with Crippen LogP contribution in [0.15, 0.2) is 48.7 Å². The topological polar surface area (TPSA) is 56.0 Å². The third kappa shape index (κ3) is 2.60. The Labute approximate surface area is 103 Å². The number of pyridine rings is 1. The minimum absolute atomic E-state index is 0.0543. The molecule has 0 saturated carbocycles. The maximum atomic E-state index is 10.5. The SMILES string of the molecule is O=[N+]([O-])c1ccc(C(Cl)c2ccccn2)cc1. The lowest BCUT2D eigenvalue weighted by atomic mass is 10.1. The van der Waals surface area contributed by atoms with Crippen molar-refractivity contribution in [1.82, 2.24) is 4.98 Å². The normalized spacial score (nSPS) is 12.1. The standard InChI is InChI=1S/C12H9ClN2O2/c13-12(11-3-1-2-8-14-11)9-4-6-10(7-5-9)15(16)17/h1-8,12H. The zero-order valence-corrected chi connectivity index (χ0v) is 9.54. The van der Waals surface area contributed by atoms with E-state index >= 15 is 0 Å². The number of halogens is 1. The number of rotatable bonds is 3. The minimum atomic E-state index is -0.437. The summed E-state index contributed by atoms with van der Waals surface area (Å²) < 4.78 is 0. The van der Waals surface area contributed by atoms with Crippen molar-refractivity contribution in [3.63, 3.8) is 0 Å². The monoisotopic (exact) mass is 248 g/mol. The van der Waals surface area contributed by atoms with E-state index in [0.29, 0.717) is 0 Å². The number of benzene rings is 1. The number of hydrogen-bond donors (Lipinski definition) is 0. The fourth-order valence-electron chi connectivity index (χ4n) is 1.46. The van der Waals surface area contributed by atoms with Crippen LogP contribution in [0.2, 0.25) is 0 Å². The highest BCUT2D eigenvalue weighted by molar-refractivity contribution is 6.22. The first-order valence-electron chi connectivity index (χ1n) is 4.98. The van der Waals surface area contributed by atoms with Crippen molar-refractivity contribution in [3.8, 4) is 0 Å². The van der Waals surface area contributed by atoms with E-state index in [0.717, 1.165) is 11.3 Å². The van der Waals surface area contributed by atoms with Crippen LogP contribution in [0.4, 0.5) is 5.69 Å². The summed E-state index contributed by atoms with van der Waals surface area (Å²) in [6, 6.07) is 11.6. The van der Waals surface area contributed by atoms with Crippen LogP contribution in [0.5, 0.6) is 0 Å². The number of aromatic nitrogens is 1. The Morgan fingerprint density at radius 2 is 1.88 bits per heavy atom. The van der Waals surface area contributed by atoms with Gasteiger partial charge in [-0.25, -0.2) is 0 Å². The number of non-ortho nitro benzene ring substituents is 1. The minimum Gasteiger partial charge on any atom is -0.259 e. The molecule has 5 heteroatoms. The van der Waals surface area contributed by atoms with E-state index < -0.39 is 10.3 Å². The Kier molecular flexibility index (Phi) is 3.35. The van der Waals surface area contributed by atoms with E-state index in [1.165, 1.54) is 12.1 Å². The summed E-state index contributed by atoms with van der Waals surface area (Å²) in [6.45, 7) is 0. The van der Waals surface area contributed by atoms with Crippen molar-refractivity contribution < 1.29 is 4.92 Å². The fourth-order valence-corrected chi connectivity index (χ4v) is 1.74. The van der Waals surface area contributed by atoms with Gasteiger partial charge in [0.1, 0.15) is 5.38 Å². The van der Waals surface area contributed by atoms with E-state index in [1.807, 2.05) is 18.2 Å². The highest BCUT2D eigenvalue weighted by atomic mass is 35.5. The molecule has 1 aromatic carbocycles. The van der Waals surface area contributed by atoms with Gasteiger partial charge in [-0.2, -0.15) is 0 Å². The van der Waals surface area contributed by atoms with Crippen molar-refractivity contribution in [2.75, 3.05) is 0 Å². The summed E-state index contributed by atoms with van der Waals surface area (Å²) in [6.07, 6.45) is 1.66. The molecule has 4 nitrogen and oxygen atoms in total. The van der Waals surface area contributed by atoms with Gasteiger partial charge < -0.3 is 0 Å². The maximum Gasteiger partial charge on any atom is 0.269 e. The van der Waals surface area contributed by atoms with Crippen molar-refractivity contribution >= 4 is 17.3 Å². The third-order valence-corrected chi connectivity index (χ3v) is 2.82. The van der Waals surface area contributed by atoms with Gasteiger partial charge in [0.25, 0.3) is 5.69 Å². The second-order valence-electron chi connectivity index (χ2n) is 3.47. The first kappa shape index (κ1) is 11.5. The fraction of sp³-hybridized carbons (Fsp3) is 0.0833. The van der Waals surface area contributed by atoms with E-state index in [2.05, 4.69) is 4.98 Å². The molecular weight excluding hydrogens is 240 g/mol. The number of hydrogen-bond acceptors (Lipinski definition) is 3. The lowest BCUT2D eigenvalue weighted by Gasteiger charge is -2.08. The molecule has 1 unspecified atom stereocenters. The lowest BCUT2D eigenvalue weighted by molar-refractivity contribution is -0.384. The van der Waals surface area contributed by atoms with Gasteiger partial charge in [0.2, 0.25) is 0 Å². The Morgan fingerprint density at radius 1 is 1.18 bits per heavy atom. The lowest BCUT2D eigenvalue weighted by Crippen LogP contribution is -1.96. The van der Waals surface area contributed by atoms with E-state index in [1.54, 1.807) is 18.3 Å². The number of nitrogens with zero attached hydrogens (tertiary/aromatic N) is 2. The van der Waals surface area contributed by atoms with E-state index in [4.69, 9.17) is 11.6 Å². The zero-order valence-electron chi connectivity index (χ0n) is 8.79. The number of nitro benzene ring substituents is 1. The molecule has 1 atom stereocenters. The van der Waals surface area contributed by atoms with Gasteiger partial charge in [0, 0.05) is 18.3 Å². The van der Waals surface area contributed by atoms with Crippen LogP contribution < -0.4 is 0 Å². The van der Waals surface area contributed by atoms with Crippen LogP contribution in [0, 0.1) is 10.1 Å². The Morgan fingerprint density at radius 3 is 2.41 bits per heavy atom. The molecule has 0 amide bonds. The molecule has 0 aliphatic rings. The summed E-state index contributed by atoms with van der Waals surface area (Å²) >= 11 is 6.23. The smallest absolute Gasteiger partial charge is 0.259 e. The van der Waals surface area contributed by atoms with Gasteiger partial charge in [0.15, 0.2) is 0 Å². The van der Waals surface area contributed by atoms with Crippen molar-refractivity contribution in [2.45, 2.75) is 5.38 Å². The average molecular weight is 249 g/mol. The predicted octanol–water partition coefficient (Wildman–Crippen LogP) is 3.32. The summed E-state index contributed by atoms with van der Waals surface area (Å²) in [5.41, 5.74) is 1.57. The zero-order chi connectivity index (χ0) is 12.3. The summed E-state index contributed by atoms with van der Waals surface area (Å²) in [5.74, 6) is 0. The molecule has 1 aromatic heterocycles. The van der Waals surface area contributed by atoms with Crippen LogP contribution in [-0.4, -0.2) is 9.91 Å². The van der Waals surface area contributed by atoms with Gasteiger partial charge in [-0.3, -0.25) is 15.1 Å². The van der Waals surface area contributed by atoms with Gasteiger partial charge in [-0.1, -0.05) is 18.2 Å². The van der Waals surface area contributed by atoms with E-state index in [-0.39, 0.29) is 5.69 Å². The van der Waals surface area contributed by atoms with Gasteiger partial charge >= 0.3 is 0 Å². The molecule has 86 valence electrons. The predicted molar refractivity (Wildman–Crippen MR) is 65.0 cm³/mol. The van der Waals surface area contributed by atoms with Crippen LogP contribution in [0.3, 0.4) is 0 Å². The molecule has 0 spiro atoms. The number of alkyl halides is 1. The van der Waals surface area contributed by atoms with Gasteiger partial charge in [-0.05, 0) is 17.7 Å². The van der Waals surface area contributed by atoms with Crippen molar-refractivity contribution in [1.29, 1.82) is 0 Å². The Balaban J connectivity index is 2.26. The molecule has 0 aliphatic heterocycles. The second-order valence-corrected chi connectivity index (χ2v) is 3.90. The first-order chi connectivity index (χ1) is 8.18. The van der Waals surface area contributed by atoms with Crippen LogP contribution in [-0.2, 0) is 0 Å². The molecule has 2 aromatic rings. The molecule has 0 saturated heterocycles. The molecule has 0 bridgehead atoms. The largest absolute Gasteiger partial charge is 0.269 e. The van der Waals surface area contributed by atoms with Crippen molar-refractivity contribution in [2.24, 2.45) is 0 Å². The maximum absolute atomic E-state index is 10.5. The summed E-state index contributed by atoms with van der Waals surface area (Å²) in [4.78, 5) is 14.2. The van der Waals surface area contributed by atoms with Gasteiger partial charge in [0.05, 0.1) is 10.6 Å². The highest BCUT2D eigenvalue weighted by Crippen LogP contribution is 2.28. The second kappa shape index (κ2) is 4.93. The van der Waals surface area contributed by atoms with Crippen LogP contribution in [0.1, 0.15) is 16.6 Å². The molecule has 0 radical (unpaired) electrons. The first-order valence-corrected chi connectivity index (χ1v) is 5.41. The van der Waals surface area contributed by atoms with E-state index in [9.17, 15) is 10.1 Å². The highest BCUT2D eigenvalue weighted by Gasteiger charge is 2.13. The Hall–Kier alpha value is -1.94. The quantitative estimate of drug-likeness (QED) is 0.476. The van der Waals surface area contributed by atoms with Crippen LogP contribution in [0.25, 0.3) is 0 Å². The third-order valence-electron chi connectivity index (χ3n) is 2.34. The van der Waals surface area contributed by atoms with Crippen LogP contribution >= 0.6 is 11.6 Å². The average Bonchev–Trinajstić information content (AvgIpc) is 2.39. The molecule has 0 fully saturated rings. The number of nitro groups is 1. The molecule has 0 N–H and O–H groups in total. The molecule has 17 heavy (non-hydrogen) atoms. The Bertz CT molecular complexity index is 514. The molecular formula is C12H9ClN2O2. The van der Waals surface area contributed by atoms with Crippen molar-refractivity contribution in [3.05, 3.63) is 70.0 Å².